The highest BCUT2D eigenvalue weighted by Gasteiger charge is 2.16. The summed E-state index contributed by atoms with van der Waals surface area (Å²) in [4.78, 5) is 12.9. The summed E-state index contributed by atoms with van der Waals surface area (Å²) in [5, 5.41) is 11.7. The molecule has 3 rings (SSSR count). The van der Waals surface area contributed by atoms with Crippen LogP contribution in [0.15, 0.2) is 36.9 Å². The molecule has 29 heavy (non-hydrogen) atoms. The first kappa shape index (κ1) is 22.3. The number of hydrogen-bond acceptors (Lipinski definition) is 5. The van der Waals surface area contributed by atoms with Crippen LogP contribution in [-0.4, -0.2) is 44.6 Å². The lowest BCUT2D eigenvalue weighted by atomic mass is 10.1. The van der Waals surface area contributed by atoms with Crippen molar-refractivity contribution in [2.75, 3.05) is 13.7 Å². The van der Waals surface area contributed by atoms with Gasteiger partial charge in [0, 0.05) is 43.8 Å². The monoisotopic (exact) mass is 420 g/mol. The van der Waals surface area contributed by atoms with E-state index in [2.05, 4.69) is 21.6 Å². The predicted octanol–water partition coefficient (Wildman–Crippen LogP) is 3.68. The lowest BCUT2D eigenvalue weighted by Crippen LogP contribution is -2.03. The molecule has 0 amide bonds. The van der Waals surface area contributed by atoms with Gasteiger partial charge in [0.1, 0.15) is 5.82 Å². The summed E-state index contributed by atoms with van der Waals surface area (Å²) in [6.07, 6.45) is 9.42. The number of aryl methyl sites for hydroxylation is 3. The zero-order valence-corrected chi connectivity index (χ0v) is 17.5. The van der Waals surface area contributed by atoms with Gasteiger partial charge in [0.05, 0.1) is 24.9 Å². The van der Waals surface area contributed by atoms with Crippen LogP contribution in [0.25, 0.3) is 11.4 Å². The molecular weight excluding hydrogens is 396 g/mol. The summed E-state index contributed by atoms with van der Waals surface area (Å²) in [5.41, 5.74) is 2.00. The topological polar surface area (TPSA) is 91.4 Å². The number of carboxylic acid groups (broad SMARTS) is 1. The molecule has 9 heteroatoms. The molecule has 0 fully saturated rings. The van der Waals surface area contributed by atoms with Gasteiger partial charge in [0.25, 0.3) is 6.47 Å². The van der Waals surface area contributed by atoms with Gasteiger partial charge < -0.3 is 19.1 Å². The Hall–Kier alpha value is -3.00. The van der Waals surface area contributed by atoms with Crippen LogP contribution < -0.4 is 9.47 Å². The van der Waals surface area contributed by atoms with E-state index in [1.165, 1.54) is 5.56 Å². The fourth-order valence-corrected chi connectivity index (χ4v) is 3.01. The zero-order valence-electron chi connectivity index (χ0n) is 16.7. The molecule has 0 unspecified atom stereocenters. The molecule has 2 aromatic heterocycles. The van der Waals surface area contributed by atoms with Gasteiger partial charge in [-0.15, -0.1) is 0 Å². The van der Waals surface area contributed by atoms with Gasteiger partial charge in [0.2, 0.25) is 0 Å². The van der Waals surface area contributed by atoms with Crippen LogP contribution in [-0.2, 0) is 24.8 Å². The van der Waals surface area contributed by atoms with E-state index < -0.39 is 0 Å². The van der Waals surface area contributed by atoms with E-state index in [0.29, 0.717) is 23.1 Å². The van der Waals surface area contributed by atoms with Crippen molar-refractivity contribution in [3.8, 4) is 22.9 Å². The lowest BCUT2D eigenvalue weighted by molar-refractivity contribution is -0.122. The largest absolute Gasteiger partial charge is 0.493 e. The van der Waals surface area contributed by atoms with Crippen molar-refractivity contribution in [3.63, 3.8) is 0 Å². The van der Waals surface area contributed by atoms with E-state index in [1.54, 1.807) is 24.1 Å². The molecule has 0 saturated heterocycles. The molecule has 8 nitrogen and oxygen atoms in total. The molecule has 0 aliphatic carbocycles. The molecule has 0 saturated carbocycles. The number of benzene rings is 1. The Balaban J connectivity index is 0.000000941. The summed E-state index contributed by atoms with van der Waals surface area (Å²) in [6, 6.07) is 3.68. The second-order valence-electron chi connectivity index (χ2n) is 6.15. The van der Waals surface area contributed by atoms with Crippen molar-refractivity contribution < 1.29 is 19.4 Å². The average molecular weight is 421 g/mol. The molecule has 2 heterocycles. The lowest BCUT2D eigenvalue weighted by Gasteiger charge is -2.14. The minimum Gasteiger partial charge on any atom is -0.493 e. The van der Waals surface area contributed by atoms with Crippen molar-refractivity contribution >= 4 is 18.1 Å². The van der Waals surface area contributed by atoms with Crippen LogP contribution >= 0.6 is 11.6 Å². The highest BCUT2D eigenvalue weighted by atomic mass is 35.5. The minimum absolute atomic E-state index is 0.250. The van der Waals surface area contributed by atoms with Crippen LogP contribution in [0.4, 0.5) is 0 Å². The Bertz CT molecular complexity index is 923. The standard InChI is InChI=1S/C19H23ClN4O2.CH2O2/c1-4-9-26-18-11-16(20)15(10-17(18)25-3)19-21-6-8-24(19)7-5-14-12-22-23(2)13-14;2-1-3/h6,8,10-13H,4-5,7,9H2,1-3H3;1H,(H,2,3). The molecule has 0 radical (unpaired) electrons. The van der Waals surface area contributed by atoms with Crippen molar-refractivity contribution in [1.29, 1.82) is 0 Å². The number of ether oxygens (including phenoxy) is 2. The maximum absolute atomic E-state index is 8.36. The molecule has 1 N–H and O–H groups in total. The minimum atomic E-state index is -0.250. The number of hydrogen-bond donors (Lipinski definition) is 1. The summed E-state index contributed by atoms with van der Waals surface area (Å²) in [6.45, 7) is 3.21. The number of imidazole rings is 1. The molecule has 0 bridgehead atoms. The van der Waals surface area contributed by atoms with Crippen LogP contribution in [0.2, 0.25) is 5.02 Å². The summed E-state index contributed by atoms with van der Waals surface area (Å²) in [7, 11) is 3.54. The van der Waals surface area contributed by atoms with Gasteiger partial charge >= 0.3 is 0 Å². The fourth-order valence-electron chi connectivity index (χ4n) is 2.78. The number of halogens is 1. The van der Waals surface area contributed by atoms with Crippen molar-refractivity contribution in [2.24, 2.45) is 7.05 Å². The van der Waals surface area contributed by atoms with Gasteiger partial charge in [-0.25, -0.2) is 4.98 Å². The first-order valence-electron chi connectivity index (χ1n) is 9.11. The number of methoxy groups -OCH3 is 1. The molecule has 0 spiro atoms. The van der Waals surface area contributed by atoms with Crippen LogP contribution in [0.3, 0.4) is 0 Å². The molecule has 3 aromatic rings. The third-order valence-corrected chi connectivity index (χ3v) is 4.38. The molecule has 1 aromatic carbocycles. The number of aromatic nitrogens is 4. The predicted molar refractivity (Wildman–Crippen MR) is 111 cm³/mol. The molecule has 0 atom stereocenters. The van der Waals surface area contributed by atoms with Gasteiger partial charge in [-0.3, -0.25) is 9.48 Å². The summed E-state index contributed by atoms with van der Waals surface area (Å²) < 4.78 is 15.1. The number of rotatable bonds is 8. The first-order chi connectivity index (χ1) is 14.0. The van der Waals surface area contributed by atoms with E-state index in [-0.39, 0.29) is 6.47 Å². The van der Waals surface area contributed by atoms with Gasteiger partial charge in [0.15, 0.2) is 11.5 Å². The molecule has 0 aliphatic heterocycles. The zero-order chi connectivity index (χ0) is 21.2. The maximum Gasteiger partial charge on any atom is 0.290 e. The van der Waals surface area contributed by atoms with E-state index >= 15 is 0 Å². The summed E-state index contributed by atoms with van der Waals surface area (Å²) >= 11 is 6.52. The number of nitrogens with zero attached hydrogens (tertiary/aromatic N) is 4. The Kier molecular flexibility index (Phi) is 8.54. The Labute approximate surface area is 174 Å². The van der Waals surface area contributed by atoms with Crippen molar-refractivity contribution in [3.05, 3.63) is 47.5 Å². The van der Waals surface area contributed by atoms with E-state index in [4.69, 9.17) is 31.0 Å². The molecule has 156 valence electrons. The second-order valence-corrected chi connectivity index (χ2v) is 6.56. The quantitative estimate of drug-likeness (QED) is 0.559. The van der Waals surface area contributed by atoms with Gasteiger partial charge in [-0.05, 0) is 24.5 Å². The van der Waals surface area contributed by atoms with E-state index in [0.717, 1.165) is 30.8 Å². The Morgan fingerprint density at radius 2 is 2.07 bits per heavy atom. The SMILES string of the molecule is CCCOc1cc(Cl)c(-c2nccn2CCc2cnn(C)c2)cc1OC.O=CO. The third-order valence-electron chi connectivity index (χ3n) is 4.07. The Morgan fingerprint density at radius 3 is 2.69 bits per heavy atom. The summed E-state index contributed by atoms with van der Waals surface area (Å²) in [5.74, 6) is 2.11. The third kappa shape index (κ3) is 5.99. The van der Waals surface area contributed by atoms with Crippen LogP contribution in [0, 0.1) is 0 Å². The van der Waals surface area contributed by atoms with E-state index in [1.807, 2.05) is 31.7 Å². The van der Waals surface area contributed by atoms with E-state index in [9.17, 15) is 0 Å². The number of carbonyl (C=O) groups is 1. The maximum atomic E-state index is 8.36. The van der Waals surface area contributed by atoms with Crippen molar-refractivity contribution in [2.45, 2.75) is 26.3 Å². The van der Waals surface area contributed by atoms with Gasteiger partial charge in [-0.1, -0.05) is 18.5 Å². The normalized spacial score (nSPS) is 10.2. The van der Waals surface area contributed by atoms with Crippen LogP contribution in [0.1, 0.15) is 18.9 Å². The molecular formula is C20H25ClN4O4. The van der Waals surface area contributed by atoms with Crippen molar-refractivity contribution in [1.82, 2.24) is 19.3 Å². The fraction of sp³-hybridized carbons (Fsp3) is 0.350. The average Bonchev–Trinajstić information content (AvgIpc) is 3.34. The van der Waals surface area contributed by atoms with Gasteiger partial charge in [-0.2, -0.15) is 5.10 Å². The highest BCUT2D eigenvalue weighted by Crippen LogP contribution is 2.38. The molecule has 0 aliphatic rings. The first-order valence-corrected chi connectivity index (χ1v) is 9.49. The second kappa shape index (κ2) is 11.1. The smallest absolute Gasteiger partial charge is 0.290 e. The van der Waals surface area contributed by atoms with Crippen LogP contribution in [0.5, 0.6) is 11.5 Å². The Morgan fingerprint density at radius 1 is 1.31 bits per heavy atom. The highest BCUT2D eigenvalue weighted by molar-refractivity contribution is 6.33.